The maximum absolute atomic E-state index is 14.5. The predicted molar refractivity (Wildman–Crippen MR) is 249 cm³/mol. The van der Waals surface area contributed by atoms with Crippen LogP contribution in [-0.2, 0) is 51.1 Å². The van der Waals surface area contributed by atoms with Crippen LogP contribution in [0.2, 0.25) is 10.0 Å². The third-order valence-electron chi connectivity index (χ3n) is 12.4. The Morgan fingerprint density at radius 3 is 2.01 bits per heavy atom. The predicted octanol–water partition coefficient (Wildman–Crippen LogP) is 7.23. The Balaban J connectivity index is 1.17. The van der Waals surface area contributed by atoms with Gasteiger partial charge in [0.15, 0.2) is 17.6 Å². The van der Waals surface area contributed by atoms with E-state index in [0.717, 1.165) is 15.6 Å². The molecule has 0 spiro atoms. The van der Waals surface area contributed by atoms with E-state index >= 15 is 0 Å². The number of hydrogen-bond donors (Lipinski definition) is 1. The second-order valence-corrected chi connectivity index (χ2v) is 20.3. The molecule has 362 valence electrons. The van der Waals surface area contributed by atoms with Gasteiger partial charge in [-0.05, 0) is 25.0 Å². The molecule has 3 saturated heterocycles. The summed E-state index contributed by atoms with van der Waals surface area (Å²) in [5.74, 6) is -0.744. The number of rotatable bonds is 17. The molecule has 0 radical (unpaired) electrons. The third-order valence-corrected chi connectivity index (χ3v) is 15.6. The van der Waals surface area contributed by atoms with E-state index in [9.17, 15) is 20.0 Å². The molecule has 3 heterocycles. The summed E-state index contributed by atoms with van der Waals surface area (Å²) in [6.07, 6.45) is -10.5. The van der Waals surface area contributed by atoms with E-state index in [1.165, 1.54) is 21.1 Å². The number of nitro groups is 1. The van der Waals surface area contributed by atoms with Gasteiger partial charge >= 0.3 is 245 Å². The number of ether oxygens (including phenoxy) is 10. The number of carbonyl (C=O) groups excluding carboxylic acids is 1. The van der Waals surface area contributed by atoms with Crippen molar-refractivity contribution in [2.45, 2.75) is 139 Å². The van der Waals surface area contributed by atoms with Gasteiger partial charge in [0.25, 0.3) is 0 Å². The average molecular weight is 1030 g/mol. The zero-order valence-corrected chi connectivity index (χ0v) is 41.5. The van der Waals surface area contributed by atoms with E-state index in [1.807, 2.05) is 97.9 Å². The summed E-state index contributed by atoms with van der Waals surface area (Å²) in [7, 11) is 2.76. The van der Waals surface area contributed by atoms with Crippen LogP contribution in [0, 0.1) is 17.0 Å². The van der Waals surface area contributed by atoms with Crippen molar-refractivity contribution in [1.29, 1.82) is 0 Å². The van der Waals surface area contributed by atoms with Crippen molar-refractivity contribution in [2.24, 2.45) is 0 Å². The van der Waals surface area contributed by atoms with Gasteiger partial charge in [0.2, 0.25) is 0 Å². The number of hydrogen-bond acceptors (Lipinski definition) is 14. The molecule has 67 heavy (non-hydrogen) atoms. The molecule has 3 aliphatic heterocycles. The van der Waals surface area contributed by atoms with Crippen LogP contribution in [-0.4, -0.2) is 123 Å². The first-order valence-corrected chi connectivity index (χ1v) is 24.7. The molecule has 3 fully saturated rings. The second-order valence-electron chi connectivity index (χ2n) is 17.1. The Morgan fingerprint density at radius 2 is 1.40 bits per heavy atom. The van der Waals surface area contributed by atoms with Crippen LogP contribution in [0.3, 0.4) is 0 Å². The fourth-order valence-corrected chi connectivity index (χ4v) is 11.8. The molecule has 4 aromatic rings. The van der Waals surface area contributed by atoms with Crippen LogP contribution >= 0.6 is 23.2 Å². The van der Waals surface area contributed by atoms with Gasteiger partial charge in [0, 0.05) is 19.0 Å². The fraction of sp³-hybridized carbons (Fsp3) is 0.490. The van der Waals surface area contributed by atoms with E-state index in [2.05, 4.69) is 0 Å². The van der Waals surface area contributed by atoms with E-state index in [1.54, 1.807) is 20.8 Å². The van der Waals surface area contributed by atoms with Crippen molar-refractivity contribution in [3.05, 3.63) is 133 Å². The number of nitrogens with zero attached hydrogens (tertiary/aromatic N) is 1. The molecule has 0 unspecified atom stereocenters. The first-order valence-electron chi connectivity index (χ1n) is 22.1. The Morgan fingerprint density at radius 1 is 0.806 bits per heavy atom. The van der Waals surface area contributed by atoms with Gasteiger partial charge < -0.3 is 14.2 Å². The van der Waals surface area contributed by atoms with Crippen molar-refractivity contribution < 1.29 is 62.2 Å². The Bertz CT molecular complexity index is 2280. The number of aliphatic hydroxyl groups is 1. The van der Waals surface area contributed by atoms with E-state index < -0.39 is 84.0 Å². The quantitative estimate of drug-likeness (QED) is 0.0486. The van der Waals surface area contributed by atoms with Crippen LogP contribution in [0.4, 0.5) is 0 Å². The number of benzene rings is 4. The van der Waals surface area contributed by atoms with Crippen molar-refractivity contribution >= 4 is 48.6 Å². The average Bonchev–Trinajstić information content (AvgIpc) is 3.31. The molecule has 0 bridgehead atoms. The zero-order valence-electron chi connectivity index (χ0n) is 38.3. The minimum absolute atomic E-state index is 0.0187. The van der Waals surface area contributed by atoms with E-state index in [0.29, 0.717) is 0 Å². The van der Waals surface area contributed by atoms with Gasteiger partial charge in [-0.1, -0.05) is 53.5 Å². The molecule has 13 atom stereocenters. The van der Waals surface area contributed by atoms with Gasteiger partial charge in [-0.25, -0.2) is 0 Å². The Hall–Kier alpha value is -3.87. The van der Waals surface area contributed by atoms with Gasteiger partial charge in [0.1, 0.15) is 11.6 Å². The molecule has 0 aromatic heterocycles. The SMILES string of the molecule is COc1c(Cl)c(OCc2ccccc2)c(Cl)c(C)c1C(=O)O[C@@H]1[C@@H](C)O[C@@H](O[C@H]2[C@H](OCc3ccccc3)[C@@H](O)[C@H]([Se]c3ccccc3)O[C@@H]2C)C[C@H]1O[C@H]1C[C@](C)([N+](=O)[O-])[C@@H](OC)[C@H](C)O1. The minimum atomic E-state index is -1.59. The van der Waals surface area contributed by atoms with Crippen LogP contribution < -0.4 is 13.9 Å². The van der Waals surface area contributed by atoms with E-state index in [4.69, 9.17) is 70.6 Å². The summed E-state index contributed by atoms with van der Waals surface area (Å²) in [5, 5.41) is 24.0. The van der Waals surface area contributed by atoms with Crippen LogP contribution in [0.25, 0.3) is 0 Å². The number of aliphatic hydroxyl groups excluding tert-OH is 1. The molecular weight excluding hydrogens is 976 g/mol. The van der Waals surface area contributed by atoms with Crippen LogP contribution in [0.15, 0.2) is 91.0 Å². The summed E-state index contributed by atoms with van der Waals surface area (Å²) in [6.45, 7) is 8.68. The first-order chi connectivity index (χ1) is 32.1. The Labute approximate surface area is 406 Å². The number of esters is 1. The Kier molecular flexibility index (Phi) is 17.3. The monoisotopic (exact) mass is 1030 g/mol. The first kappa shape index (κ1) is 51.0. The molecular formula is C49H57Cl2NO14Se. The summed E-state index contributed by atoms with van der Waals surface area (Å²) in [4.78, 5) is 26.7. The molecule has 0 aliphatic carbocycles. The molecule has 1 N–H and O–H groups in total. The van der Waals surface area contributed by atoms with E-state index in [-0.39, 0.29) is 78.6 Å². The number of halogens is 2. The molecule has 15 nitrogen and oxygen atoms in total. The van der Waals surface area contributed by atoms with Crippen molar-refractivity contribution in [3.63, 3.8) is 0 Å². The van der Waals surface area contributed by atoms with Crippen molar-refractivity contribution in [3.8, 4) is 11.5 Å². The van der Waals surface area contributed by atoms with Crippen molar-refractivity contribution in [1.82, 2.24) is 0 Å². The van der Waals surface area contributed by atoms with Gasteiger partial charge in [-0.2, -0.15) is 0 Å². The molecule has 0 amide bonds. The molecule has 0 saturated carbocycles. The topological polar surface area (TPSA) is 173 Å². The summed E-state index contributed by atoms with van der Waals surface area (Å²) in [5.41, 5.74) is 0.416. The molecule has 7 rings (SSSR count). The molecule has 18 heteroatoms. The summed E-state index contributed by atoms with van der Waals surface area (Å²) in [6, 6.07) is 28.9. The maximum atomic E-state index is 14.5. The van der Waals surface area contributed by atoms with Crippen molar-refractivity contribution in [2.75, 3.05) is 14.2 Å². The summed E-state index contributed by atoms with van der Waals surface area (Å²) >= 11 is 13.4. The van der Waals surface area contributed by atoms with Crippen LogP contribution in [0.5, 0.6) is 11.5 Å². The number of carbonyl (C=O) groups is 1. The number of methoxy groups -OCH3 is 2. The third kappa shape index (κ3) is 11.6. The zero-order chi connectivity index (χ0) is 48.0. The van der Waals surface area contributed by atoms with Gasteiger partial charge in [-0.3, -0.25) is 10.1 Å². The van der Waals surface area contributed by atoms with Gasteiger partial charge in [0.05, 0.1) is 12.1 Å². The van der Waals surface area contributed by atoms with Gasteiger partial charge in [-0.15, -0.1) is 0 Å². The standard InChI is InChI=1S/C49H57Cl2NO14Se/c1-27-37(43(57-6)39(51)44(38(27)50)59-25-31-17-11-8-12-18-31)47(54)66-41-28(2)61-35(23-34(41)64-36-24-49(5,52(55)56)46(58-7)30(4)62-36)65-42-29(3)63-48(67-33-21-15-10-16-22-33)40(53)45(42)60-26-32-19-13-9-14-20-32/h8-22,28-30,34-36,40-42,45-46,48,53H,23-26H2,1-7H3/t28-,29-,30+,34-,35+,36+,40-,41-,42-,45-,46+,48+,49+/m1/s1. The molecule has 4 aromatic carbocycles. The normalized spacial score (nSPS) is 30.9. The summed E-state index contributed by atoms with van der Waals surface area (Å²) < 4.78 is 63.7. The molecule has 3 aliphatic rings. The second kappa shape index (κ2) is 22.7. The fourth-order valence-electron chi connectivity index (χ4n) is 8.88. The van der Waals surface area contributed by atoms with Crippen LogP contribution in [0.1, 0.15) is 67.6 Å².